The van der Waals surface area contributed by atoms with E-state index in [-0.39, 0.29) is 12.5 Å². The predicted molar refractivity (Wildman–Crippen MR) is 104 cm³/mol. The van der Waals surface area contributed by atoms with Gasteiger partial charge in [0.15, 0.2) is 0 Å². The summed E-state index contributed by atoms with van der Waals surface area (Å²) in [6.45, 7) is 6.69. The Morgan fingerprint density at radius 1 is 1.18 bits per heavy atom. The van der Waals surface area contributed by atoms with Gasteiger partial charge in [0.05, 0.1) is 25.3 Å². The average Bonchev–Trinajstić information content (AvgIpc) is 3.45. The van der Waals surface area contributed by atoms with Gasteiger partial charge in [-0.1, -0.05) is 0 Å². The lowest BCUT2D eigenvalue weighted by Crippen LogP contribution is -2.55. The lowest BCUT2D eigenvalue weighted by Gasteiger charge is -2.36. The van der Waals surface area contributed by atoms with Crippen LogP contribution in [0.3, 0.4) is 0 Å². The number of β-amino-alcohol motifs (C(OH)–C–C–N with tert-alkyl or cyclic N) is 1. The van der Waals surface area contributed by atoms with Gasteiger partial charge in [0, 0.05) is 12.1 Å². The van der Waals surface area contributed by atoms with Gasteiger partial charge in [-0.05, 0) is 70.2 Å². The smallest absolute Gasteiger partial charge is 0.410 e. The number of carbonyl (C=O) groups is 2. The number of aliphatic hydroxyl groups excluding tert-OH is 1. The molecular weight excluding hydrogens is 360 g/mol. The van der Waals surface area contributed by atoms with Gasteiger partial charge in [-0.2, -0.15) is 0 Å². The van der Waals surface area contributed by atoms with Crippen LogP contribution in [-0.2, 0) is 4.74 Å². The normalized spacial score (nSPS) is 22.5. The molecule has 7 nitrogen and oxygen atoms in total. The molecule has 0 spiro atoms. The van der Waals surface area contributed by atoms with Gasteiger partial charge in [0.25, 0.3) is 5.91 Å². The van der Waals surface area contributed by atoms with Crippen LogP contribution in [0.25, 0.3) is 0 Å². The zero-order valence-electron chi connectivity index (χ0n) is 16.8. The fourth-order valence-electron chi connectivity index (χ4n) is 3.05. The predicted octanol–water partition coefficient (Wildman–Crippen LogP) is 2.58. The molecule has 1 aliphatic heterocycles. The van der Waals surface area contributed by atoms with Gasteiger partial charge in [0.2, 0.25) is 0 Å². The van der Waals surface area contributed by atoms with Crippen LogP contribution in [0.5, 0.6) is 5.75 Å². The molecule has 3 rings (SSSR count). The summed E-state index contributed by atoms with van der Waals surface area (Å²) < 4.78 is 11.0. The molecule has 1 aromatic rings. The van der Waals surface area contributed by atoms with Crippen LogP contribution in [0, 0.1) is 5.92 Å². The molecule has 2 N–H and O–H groups in total. The molecule has 1 aromatic carbocycles. The van der Waals surface area contributed by atoms with Gasteiger partial charge in [-0.15, -0.1) is 0 Å². The van der Waals surface area contributed by atoms with Crippen LogP contribution in [0.1, 0.15) is 50.4 Å². The summed E-state index contributed by atoms with van der Waals surface area (Å²) in [5.74, 6) is 1.19. The summed E-state index contributed by atoms with van der Waals surface area (Å²) in [4.78, 5) is 26.1. The number of rotatable bonds is 5. The molecule has 154 valence electrons. The van der Waals surface area contributed by atoms with E-state index in [0.29, 0.717) is 24.4 Å². The number of benzene rings is 1. The van der Waals surface area contributed by atoms with Crippen molar-refractivity contribution in [1.29, 1.82) is 0 Å². The van der Waals surface area contributed by atoms with Gasteiger partial charge < -0.3 is 24.8 Å². The van der Waals surface area contributed by atoms with Gasteiger partial charge in [-0.25, -0.2) is 4.79 Å². The highest BCUT2D eigenvalue weighted by molar-refractivity contribution is 5.94. The van der Waals surface area contributed by atoms with E-state index in [2.05, 4.69) is 5.32 Å². The second kappa shape index (κ2) is 8.39. The molecule has 2 atom stereocenters. The summed E-state index contributed by atoms with van der Waals surface area (Å²) >= 11 is 0. The zero-order chi connectivity index (χ0) is 20.3. The Morgan fingerprint density at radius 2 is 1.86 bits per heavy atom. The number of hydrogen-bond donors (Lipinski definition) is 2. The van der Waals surface area contributed by atoms with E-state index in [0.717, 1.165) is 12.4 Å². The second-order valence-corrected chi connectivity index (χ2v) is 8.64. The van der Waals surface area contributed by atoms with Gasteiger partial charge in [-0.3, -0.25) is 4.79 Å². The highest BCUT2D eigenvalue weighted by Gasteiger charge is 2.33. The van der Waals surface area contributed by atoms with Crippen molar-refractivity contribution < 1.29 is 24.2 Å². The monoisotopic (exact) mass is 390 g/mol. The maximum absolute atomic E-state index is 12.5. The number of amides is 2. The summed E-state index contributed by atoms with van der Waals surface area (Å²) in [7, 11) is 0. The Bertz CT molecular complexity index is 694. The van der Waals surface area contributed by atoms with Gasteiger partial charge >= 0.3 is 6.09 Å². The van der Waals surface area contributed by atoms with Crippen molar-refractivity contribution in [1.82, 2.24) is 10.2 Å². The summed E-state index contributed by atoms with van der Waals surface area (Å²) in [6, 6.07) is 6.62. The third kappa shape index (κ3) is 5.86. The van der Waals surface area contributed by atoms with E-state index < -0.39 is 23.8 Å². The Morgan fingerprint density at radius 3 is 2.43 bits per heavy atom. The largest absolute Gasteiger partial charge is 0.493 e. The number of likely N-dealkylation sites (tertiary alicyclic amines) is 1. The molecule has 1 heterocycles. The van der Waals surface area contributed by atoms with E-state index in [1.54, 1.807) is 45.0 Å². The van der Waals surface area contributed by atoms with E-state index in [1.165, 1.54) is 17.7 Å². The lowest BCUT2D eigenvalue weighted by molar-refractivity contribution is -0.00409. The van der Waals surface area contributed by atoms with E-state index in [4.69, 9.17) is 9.47 Å². The van der Waals surface area contributed by atoms with E-state index in [9.17, 15) is 14.7 Å². The zero-order valence-corrected chi connectivity index (χ0v) is 16.8. The third-order valence-electron chi connectivity index (χ3n) is 4.85. The Labute approximate surface area is 166 Å². The Hall–Kier alpha value is -2.28. The second-order valence-electron chi connectivity index (χ2n) is 8.64. The fraction of sp³-hybridized carbons (Fsp3) is 0.619. The van der Waals surface area contributed by atoms with Crippen molar-refractivity contribution in [3.63, 3.8) is 0 Å². The molecule has 28 heavy (non-hydrogen) atoms. The number of nitrogens with zero attached hydrogens (tertiary/aromatic N) is 1. The van der Waals surface area contributed by atoms with Crippen LogP contribution >= 0.6 is 0 Å². The maximum Gasteiger partial charge on any atom is 0.410 e. The first-order valence-electron chi connectivity index (χ1n) is 9.91. The van der Waals surface area contributed by atoms with Crippen LogP contribution in [-0.4, -0.2) is 59.5 Å². The van der Waals surface area contributed by atoms with Crippen LogP contribution in [0.2, 0.25) is 0 Å². The molecule has 1 aliphatic carbocycles. The first kappa shape index (κ1) is 20.5. The standard InChI is InChI=1S/C21H30N2O5/c1-21(2,3)28-20(26)23-11-10-17(18(24)12-23)22-19(25)15-6-8-16(9-7-15)27-13-14-4-5-14/h6-9,14,17-18,24H,4-5,10-13H2,1-3H3,(H,22,25). The molecule has 2 aliphatic rings. The van der Waals surface area contributed by atoms with Crippen molar-refractivity contribution in [2.75, 3.05) is 19.7 Å². The molecule has 1 saturated heterocycles. The number of piperidine rings is 1. The molecule has 1 saturated carbocycles. The van der Waals surface area contributed by atoms with Crippen LogP contribution in [0.15, 0.2) is 24.3 Å². The maximum atomic E-state index is 12.5. The van der Waals surface area contributed by atoms with E-state index >= 15 is 0 Å². The van der Waals surface area contributed by atoms with Crippen LogP contribution < -0.4 is 10.1 Å². The minimum atomic E-state index is -0.841. The summed E-state index contributed by atoms with van der Waals surface area (Å²) in [5.41, 5.74) is -0.0673. The number of hydrogen-bond acceptors (Lipinski definition) is 5. The molecule has 2 fully saturated rings. The van der Waals surface area contributed by atoms with Crippen molar-refractivity contribution in [3.8, 4) is 5.75 Å². The Balaban J connectivity index is 1.48. The quantitative estimate of drug-likeness (QED) is 0.807. The molecule has 0 radical (unpaired) electrons. The highest BCUT2D eigenvalue weighted by Crippen LogP contribution is 2.29. The number of nitrogens with one attached hydrogen (secondary N) is 1. The van der Waals surface area contributed by atoms with Crippen LogP contribution in [0.4, 0.5) is 4.79 Å². The number of aliphatic hydroxyl groups is 1. The number of ether oxygens (including phenoxy) is 2. The topological polar surface area (TPSA) is 88.1 Å². The first-order chi connectivity index (χ1) is 13.2. The average molecular weight is 390 g/mol. The molecule has 7 heteroatoms. The lowest BCUT2D eigenvalue weighted by atomic mass is 10.0. The number of carbonyl (C=O) groups excluding carboxylic acids is 2. The van der Waals surface area contributed by atoms with Crippen molar-refractivity contribution in [2.45, 2.75) is 57.8 Å². The fourth-order valence-corrected chi connectivity index (χ4v) is 3.05. The Kier molecular flexibility index (Phi) is 6.13. The molecular formula is C21H30N2O5. The molecule has 2 amide bonds. The van der Waals surface area contributed by atoms with Crippen molar-refractivity contribution in [2.24, 2.45) is 5.92 Å². The molecule has 0 aromatic heterocycles. The SMILES string of the molecule is CC(C)(C)OC(=O)N1CCC(NC(=O)c2ccc(OCC3CC3)cc2)C(O)C1. The minimum Gasteiger partial charge on any atom is -0.493 e. The first-order valence-corrected chi connectivity index (χ1v) is 9.91. The van der Waals surface area contributed by atoms with Gasteiger partial charge in [0.1, 0.15) is 11.4 Å². The molecule has 0 bridgehead atoms. The third-order valence-corrected chi connectivity index (χ3v) is 4.85. The van der Waals surface area contributed by atoms with Crippen molar-refractivity contribution >= 4 is 12.0 Å². The summed E-state index contributed by atoms with van der Waals surface area (Å²) in [5, 5.41) is 13.2. The minimum absolute atomic E-state index is 0.133. The highest BCUT2D eigenvalue weighted by atomic mass is 16.6. The molecule has 2 unspecified atom stereocenters. The van der Waals surface area contributed by atoms with Crippen molar-refractivity contribution in [3.05, 3.63) is 29.8 Å². The van der Waals surface area contributed by atoms with E-state index in [1.807, 2.05) is 0 Å². The summed E-state index contributed by atoms with van der Waals surface area (Å²) in [6.07, 6.45) is 1.64.